The smallest absolute Gasteiger partial charge is 0.236 e. The summed E-state index contributed by atoms with van der Waals surface area (Å²) in [5.41, 5.74) is 6.19. The predicted molar refractivity (Wildman–Crippen MR) is 154 cm³/mol. The Morgan fingerprint density at radius 3 is 2.70 bits per heavy atom. The van der Waals surface area contributed by atoms with Crippen LogP contribution in [0.4, 0.5) is 11.9 Å². The zero-order chi connectivity index (χ0) is 27.2. The molecule has 3 aliphatic rings. The molecule has 0 saturated carbocycles. The third-order valence-electron chi connectivity index (χ3n) is 8.38. The van der Waals surface area contributed by atoms with Gasteiger partial charge in [-0.3, -0.25) is 9.69 Å². The van der Waals surface area contributed by atoms with Crippen molar-refractivity contribution in [1.82, 2.24) is 29.7 Å². The molecule has 0 aliphatic carbocycles. The second-order valence-electron chi connectivity index (χ2n) is 11.0. The highest BCUT2D eigenvalue weighted by Gasteiger charge is 2.34. The first-order valence-corrected chi connectivity index (χ1v) is 14.0. The lowest BCUT2D eigenvalue weighted by molar-refractivity contribution is -0.129. The van der Waals surface area contributed by atoms with Crippen molar-refractivity contribution in [3.63, 3.8) is 0 Å². The molecule has 1 amide bonds. The van der Waals surface area contributed by atoms with Gasteiger partial charge in [0.2, 0.25) is 17.8 Å². The van der Waals surface area contributed by atoms with Gasteiger partial charge in [0.15, 0.2) is 0 Å². The number of aromatic amines is 1. The highest BCUT2D eigenvalue weighted by molar-refractivity contribution is 5.86. The van der Waals surface area contributed by atoms with Crippen LogP contribution in [0.1, 0.15) is 28.4 Å². The van der Waals surface area contributed by atoms with E-state index in [-0.39, 0.29) is 11.9 Å². The number of piperazine rings is 1. The lowest BCUT2D eigenvalue weighted by atomic mass is 9.91. The van der Waals surface area contributed by atoms with E-state index in [1.54, 1.807) is 25.3 Å². The van der Waals surface area contributed by atoms with E-state index in [1.807, 2.05) is 0 Å². The van der Waals surface area contributed by atoms with Crippen LogP contribution < -0.4 is 14.5 Å². The molecule has 1 atom stereocenters. The van der Waals surface area contributed by atoms with Crippen LogP contribution in [0, 0.1) is 0 Å². The van der Waals surface area contributed by atoms with E-state index in [1.165, 1.54) is 27.8 Å². The summed E-state index contributed by atoms with van der Waals surface area (Å²) < 4.78 is 5.81. The highest BCUT2D eigenvalue weighted by atomic mass is 16.5. The molecule has 0 bridgehead atoms. The van der Waals surface area contributed by atoms with E-state index in [2.05, 4.69) is 72.1 Å². The van der Waals surface area contributed by atoms with Crippen molar-refractivity contribution >= 4 is 28.7 Å². The quantitative estimate of drug-likeness (QED) is 0.415. The van der Waals surface area contributed by atoms with Crippen molar-refractivity contribution < 1.29 is 9.53 Å². The number of hydrogen-bond acceptors (Lipinski definition) is 8. The van der Waals surface area contributed by atoms with E-state index in [0.717, 1.165) is 63.4 Å². The topological polar surface area (TPSA) is 93.7 Å². The number of nitrogens with zero attached hydrogens (tertiary/aromatic N) is 7. The van der Waals surface area contributed by atoms with Crippen LogP contribution in [0.25, 0.3) is 10.9 Å². The molecule has 206 valence electrons. The Kier molecular flexibility index (Phi) is 6.27. The molecule has 2 aromatic carbocycles. The molecule has 1 N–H and O–H groups in total. The molecule has 1 saturated heterocycles. The Balaban J connectivity index is 1.20. The number of likely N-dealkylation sites (N-methyl/N-ethyl adjacent to an activating group) is 1. The maximum atomic E-state index is 12.2. The number of hydrogen-bond donors (Lipinski definition) is 1. The first-order chi connectivity index (χ1) is 19.5. The van der Waals surface area contributed by atoms with Crippen LogP contribution >= 0.6 is 0 Å². The van der Waals surface area contributed by atoms with Gasteiger partial charge in [-0.1, -0.05) is 24.3 Å². The van der Waals surface area contributed by atoms with Crippen molar-refractivity contribution in [2.75, 3.05) is 69.8 Å². The molecule has 10 nitrogen and oxygen atoms in total. The number of nitrogens with one attached hydrogen (secondary N) is 1. The molecule has 1 fully saturated rings. The first kappa shape index (κ1) is 24.8. The van der Waals surface area contributed by atoms with Crippen molar-refractivity contribution in [2.45, 2.75) is 18.9 Å². The predicted octanol–water partition coefficient (Wildman–Crippen LogP) is 2.65. The van der Waals surface area contributed by atoms with Gasteiger partial charge in [0.1, 0.15) is 12.1 Å². The fraction of sp³-hybridized carbons (Fsp3) is 0.400. The summed E-state index contributed by atoms with van der Waals surface area (Å²) in [6.45, 7) is 5.10. The molecule has 2 aromatic heterocycles. The maximum Gasteiger partial charge on any atom is 0.236 e. The van der Waals surface area contributed by atoms with Crippen molar-refractivity contribution in [3.05, 3.63) is 71.2 Å². The number of amides is 1. The summed E-state index contributed by atoms with van der Waals surface area (Å²) in [6.07, 6.45) is 3.47. The van der Waals surface area contributed by atoms with Gasteiger partial charge in [-0.15, -0.1) is 0 Å². The summed E-state index contributed by atoms with van der Waals surface area (Å²) in [5, 5.41) is 1.29. The van der Waals surface area contributed by atoms with E-state index in [4.69, 9.17) is 9.72 Å². The SMILES string of the molecule is CN(C)C(=O)CN1CCN(c2ncnc(N3CCc4c([nH]c5ccccc45)[C@@H]3c3ccc4c(c3)CCO4)n2)CC1. The van der Waals surface area contributed by atoms with Crippen LogP contribution in [0.3, 0.4) is 0 Å². The average molecular weight is 539 g/mol. The molecule has 0 spiro atoms. The number of aromatic nitrogens is 4. The monoisotopic (exact) mass is 538 g/mol. The van der Waals surface area contributed by atoms with Gasteiger partial charge >= 0.3 is 0 Å². The number of anilines is 2. The number of carbonyl (C=O) groups is 1. The summed E-state index contributed by atoms with van der Waals surface area (Å²) in [7, 11) is 3.60. The van der Waals surface area contributed by atoms with Gasteiger partial charge in [-0.2, -0.15) is 4.98 Å². The van der Waals surface area contributed by atoms with E-state index in [0.29, 0.717) is 18.4 Å². The van der Waals surface area contributed by atoms with Gasteiger partial charge in [-0.25, -0.2) is 9.97 Å². The number of rotatable bonds is 5. The second kappa shape index (κ2) is 10.1. The van der Waals surface area contributed by atoms with E-state index < -0.39 is 0 Å². The third kappa shape index (κ3) is 4.42. The van der Waals surface area contributed by atoms with E-state index in [9.17, 15) is 4.79 Å². The zero-order valence-electron chi connectivity index (χ0n) is 23.0. The number of H-pyrrole nitrogens is 1. The number of para-hydroxylation sites is 1. The van der Waals surface area contributed by atoms with Crippen LogP contribution in [-0.4, -0.2) is 95.6 Å². The van der Waals surface area contributed by atoms with Crippen molar-refractivity contribution in [1.29, 1.82) is 0 Å². The molecule has 10 heteroatoms. The molecule has 0 unspecified atom stereocenters. The summed E-state index contributed by atoms with van der Waals surface area (Å²) >= 11 is 0. The van der Waals surface area contributed by atoms with Crippen LogP contribution in [0.5, 0.6) is 5.75 Å². The Hall–Kier alpha value is -4.18. The molecule has 5 heterocycles. The second-order valence-corrected chi connectivity index (χ2v) is 11.0. The van der Waals surface area contributed by atoms with Crippen LogP contribution in [0.2, 0.25) is 0 Å². The lowest BCUT2D eigenvalue weighted by Gasteiger charge is -2.37. The fourth-order valence-electron chi connectivity index (χ4n) is 6.19. The highest BCUT2D eigenvalue weighted by Crippen LogP contribution is 2.41. The van der Waals surface area contributed by atoms with Gasteiger partial charge in [0.05, 0.1) is 19.2 Å². The minimum absolute atomic E-state index is 0.0498. The first-order valence-electron chi connectivity index (χ1n) is 14.0. The fourth-order valence-corrected chi connectivity index (χ4v) is 6.19. The van der Waals surface area contributed by atoms with Gasteiger partial charge in [-0.05, 0) is 41.3 Å². The number of ether oxygens (including phenoxy) is 1. The summed E-state index contributed by atoms with van der Waals surface area (Å²) in [5.74, 6) is 2.48. The Morgan fingerprint density at radius 2 is 1.85 bits per heavy atom. The molecule has 0 radical (unpaired) electrons. The molecule has 7 rings (SSSR count). The molecular formula is C30H34N8O2. The van der Waals surface area contributed by atoms with Crippen LogP contribution in [0.15, 0.2) is 48.8 Å². The molecular weight excluding hydrogens is 504 g/mol. The van der Waals surface area contributed by atoms with Crippen LogP contribution in [-0.2, 0) is 17.6 Å². The van der Waals surface area contributed by atoms with E-state index >= 15 is 0 Å². The van der Waals surface area contributed by atoms with Gasteiger partial charge in [0, 0.05) is 69.8 Å². The Morgan fingerprint density at radius 1 is 1.02 bits per heavy atom. The largest absolute Gasteiger partial charge is 0.493 e. The summed E-state index contributed by atoms with van der Waals surface area (Å²) in [6, 6.07) is 15.1. The molecule has 3 aliphatic heterocycles. The number of fused-ring (bicyclic) bond motifs is 4. The Bertz CT molecular complexity index is 1560. The standard InChI is InChI=1S/C30H34N8O2/c1-35(2)26(39)18-36-12-14-37(15-13-36)29-31-19-32-30(34-29)38-11-9-23-22-5-3-4-6-24(22)33-27(23)28(38)21-7-8-25-20(17-21)10-16-40-25/h3-8,17,19,28,33H,9-16,18H2,1-2H3/t28-/m0/s1. The summed E-state index contributed by atoms with van der Waals surface area (Å²) in [4.78, 5) is 38.5. The molecule has 40 heavy (non-hydrogen) atoms. The van der Waals surface area contributed by atoms with Gasteiger partial charge in [0.25, 0.3) is 0 Å². The number of benzene rings is 2. The third-order valence-corrected chi connectivity index (χ3v) is 8.38. The minimum Gasteiger partial charge on any atom is -0.493 e. The lowest BCUT2D eigenvalue weighted by Crippen LogP contribution is -2.50. The van der Waals surface area contributed by atoms with Crippen molar-refractivity contribution in [3.8, 4) is 5.75 Å². The average Bonchev–Trinajstić information content (AvgIpc) is 3.61. The minimum atomic E-state index is -0.0498. The van der Waals surface area contributed by atoms with Gasteiger partial charge < -0.3 is 24.4 Å². The zero-order valence-corrected chi connectivity index (χ0v) is 23.0. The van der Waals surface area contributed by atoms with Crippen molar-refractivity contribution in [2.24, 2.45) is 0 Å². The normalized spacial score (nSPS) is 18.9. The maximum absolute atomic E-state index is 12.2. The Labute approximate surface area is 233 Å². The molecule has 4 aromatic rings. The number of carbonyl (C=O) groups excluding carboxylic acids is 1.